The molecule has 166 valence electrons. The molecular formula is C27H42N2O. The smallest absolute Gasteiger partial charge is 0.152 e. The molecule has 0 radical (unpaired) electrons. The summed E-state index contributed by atoms with van der Waals surface area (Å²) in [6.07, 6.45) is 13.0. The van der Waals surface area contributed by atoms with E-state index in [2.05, 4.69) is 42.2 Å². The first-order valence-corrected chi connectivity index (χ1v) is 11.1. The van der Waals surface area contributed by atoms with E-state index in [1.807, 2.05) is 33.1 Å². The number of allylic oxidation sites excluding steroid dienone is 2. The summed E-state index contributed by atoms with van der Waals surface area (Å²) in [4.78, 5) is 19.7. The highest BCUT2D eigenvalue weighted by Crippen LogP contribution is 2.16. The molecule has 30 heavy (non-hydrogen) atoms. The number of aryl methyl sites for hydroxylation is 2. The Bertz CT molecular complexity index is 812. The van der Waals surface area contributed by atoms with Crippen molar-refractivity contribution in [1.29, 1.82) is 0 Å². The molecular weight excluding hydrogens is 368 g/mol. The molecule has 2 aromatic rings. The van der Waals surface area contributed by atoms with Crippen LogP contribution in [-0.2, 0) is 17.6 Å². The third-order valence-corrected chi connectivity index (χ3v) is 4.88. The van der Waals surface area contributed by atoms with E-state index in [9.17, 15) is 4.79 Å². The lowest BCUT2D eigenvalue weighted by Crippen LogP contribution is -2.01. The van der Waals surface area contributed by atoms with Crippen molar-refractivity contribution in [3.8, 4) is 0 Å². The number of pyridine rings is 1. The fraction of sp³-hybridized carbons (Fsp3) is 0.444. The SMILES string of the molecule is C1CCC1.CC.CN=Cc1c(C)cc(Cc2ccc(C/C=C/C(C)=O)cc2)nc1C.[HH].[HH]. The highest BCUT2D eigenvalue weighted by atomic mass is 16.1. The van der Waals surface area contributed by atoms with Gasteiger partial charge in [-0.1, -0.05) is 69.9 Å². The lowest BCUT2D eigenvalue weighted by molar-refractivity contribution is -0.112. The van der Waals surface area contributed by atoms with Crippen LogP contribution >= 0.6 is 0 Å². The predicted octanol–water partition coefficient (Wildman–Crippen LogP) is 7.10. The highest BCUT2D eigenvalue weighted by molar-refractivity contribution is 5.87. The van der Waals surface area contributed by atoms with Gasteiger partial charge in [-0.2, -0.15) is 0 Å². The average Bonchev–Trinajstić information content (AvgIpc) is 2.66. The first-order chi connectivity index (χ1) is 14.5. The molecule has 1 aromatic heterocycles. The number of hydrogen-bond donors (Lipinski definition) is 0. The van der Waals surface area contributed by atoms with E-state index < -0.39 is 0 Å². The van der Waals surface area contributed by atoms with Gasteiger partial charge in [0, 0.05) is 39.5 Å². The molecule has 1 aromatic carbocycles. The highest BCUT2D eigenvalue weighted by Gasteiger charge is 2.06. The van der Waals surface area contributed by atoms with Crippen LogP contribution in [0.15, 0.2) is 47.5 Å². The molecule has 3 nitrogen and oxygen atoms in total. The molecule has 0 atom stereocenters. The molecule has 0 saturated heterocycles. The van der Waals surface area contributed by atoms with E-state index in [1.54, 1.807) is 20.0 Å². The number of rotatable bonds is 6. The second-order valence-corrected chi connectivity index (χ2v) is 7.44. The Morgan fingerprint density at radius 3 is 2.10 bits per heavy atom. The summed E-state index contributed by atoms with van der Waals surface area (Å²) in [5.74, 6) is 0.0833. The summed E-state index contributed by atoms with van der Waals surface area (Å²) in [6, 6.07) is 10.6. The Hall–Kier alpha value is -2.55. The van der Waals surface area contributed by atoms with Crippen molar-refractivity contribution >= 4 is 12.0 Å². The van der Waals surface area contributed by atoms with E-state index in [0.29, 0.717) is 0 Å². The Labute approximate surface area is 186 Å². The van der Waals surface area contributed by atoms with Crippen LogP contribution in [0, 0.1) is 13.8 Å². The Kier molecular flexibility index (Phi) is 12.3. The third-order valence-electron chi connectivity index (χ3n) is 4.88. The Morgan fingerprint density at radius 2 is 1.63 bits per heavy atom. The summed E-state index contributed by atoms with van der Waals surface area (Å²) >= 11 is 0. The quantitative estimate of drug-likeness (QED) is 0.376. The van der Waals surface area contributed by atoms with Crippen molar-refractivity contribution in [2.45, 2.75) is 73.1 Å². The van der Waals surface area contributed by atoms with E-state index >= 15 is 0 Å². The largest absolute Gasteiger partial charge is 0.296 e. The molecule has 1 aliphatic rings. The van der Waals surface area contributed by atoms with Crippen molar-refractivity contribution in [3.63, 3.8) is 0 Å². The topological polar surface area (TPSA) is 42.3 Å². The van der Waals surface area contributed by atoms with Crippen molar-refractivity contribution in [2.75, 3.05) is 7.05 Å². The number of carbonyl (C=O) groups is 1. The van der Waals surface area contributed by atoms with Gasteiger partial charge in [0.05, 0.1) is 0 Å². The van der Waals surface area contributed by atoms with Gasteiger partial charge in [0.25, 0.3) is 0 Å². The number of aliphatic imine (C=N–C) groups is 1. The van der Waals surface area contributed by atoms with Gasteiger partial charge in [0.2, 0.25) is 0 Å². The van der Waals surface area contributed by atoms with Crippen molar-refractivity contribution in [1.82, 2.24) is 4.98 Å². The van der Waals surface area contributed by atoms with Crippen LogP contribution in [0.5, 0.6) is 0 Å². The number of carbonyl (C=O) groups excluding carboxylic acids is 1. The molecule has 1 aliphatic carbocycles. The molecule has 0 spiro atoms. The van der Waals surface area contributed by atoms with Gasteiger partial charge in [-0.15, -0.1) is 0 Å². The lowest BCUT2D eigenvalue weighted by atomic mass is 10.0. The normalized spacial score (nSPS) is 12.6. The minimum absolute atomic E-state index is 0. The summed E-state index contributed by atoms with van der Waals surface area (Å²) in [7, 11) is 1.78. The van der Waals surface area contributed by atoms with Crippen molar-refractivity contribution in [3.05, 3.63) is 76.1 Å². The van der Waals surface area contributed by atoms with Gasteiger partial charge in [-0.3, -0.25) is 14.8 Å². The maximum atomic E-state index is 10.9. The predicted molar refractivity (Wildman–Crippen MR) is 134 cm³/mol. The van der Waals surface area contributed by atoms with Crippen LogP contribution < -0.4 is 0 Å². The number of hydrogen-bond acceptors (Lipinski definition) is 3. The zero-order valence-corrected chi connectivity index (χ0v) is 19.7. The number of benzene rings is 1. The van der Waals surface area contributed by atoms with Gasteiger partial charge in [0.15, 0.2) is 5.78 Å². The Morgan fingerprint density at radius 1 is 1.07 bits per heavy atom. The molecule has 0 N–H and O–H groups in total. The molecule has 1 fully saturated rings. The summed E-state index contributed by atoms with van der Waals surface area (Å²) in [5, 5.41) is 0. The van der Waals surface area contributed by atoms with Gasteiger partial charge in [-0.25, -0.2) is 0 Å². The van der Waals surface area contributed by atoms with Crippen LogP contribution in [0.4, 0.5) is 0 Å². The second-order valence-electron chi connectivity index (χ2n) is 7.44. The van der Waals surface area contributed by atoms with Crippen molar-refractivity contribution in [2.24, 2.45) is 4.99 Å². The number of ketones is 1. The van der Waals surface area contributed by atoms with Gasteiger partial charge in [-0.05, 0) is 56.0 Å². The van der Waals surface area contributed by atoms with Crippen molar-refractivity contribution < 1.29 is 7.65 Å². The summed E-state index contributed by atoms with van der Waals surface area (Å²) < 4.78 is 0. The van der Waals surface area contributed by atoms with Gasteiger partial charge in [0.1, 0.15) is 0 Å². The summed E-state index contributed by atoms with van der Waals surface area (Å²) in [6.45, 7) is 9.69. The van der Waals surface area contributed by atoms with Crippen LogP contribution in [-0.4, -0.2) is 24.0 Å². The van der Waals surface area contributed by atoms with E-state index in [-0.39, 0.29) is 8.64 Å². The first kappa shape index (κ1) is 25.5. The fourth-order valence-electron chi connectivity index (χ4n) is 2.95. The lowest BCUT2D eigenvalue weighted by Gasteiger charge is -2.09. The zero-order valence-electron chi connectivity index (χ0n) is 19.7. The second kappa shape index (κ2) is 14.4. The molecule has 3 rings (SSSR count). The van der Waals surface area contributed by atoms with E-state index in [1.165, 1.54) is 42.4 Å². The fourth-order valence-corrected chi connectivity index (χ4v) is 2.95. The molecule has 0 amide bonds. The Balaban J connectivity index is 0. The monoisotopic (exact) mass is 410 g/mol. The third kappa shape index (κ3) is 9.30. The van der Waals surface area contributed by atoms with E-state index in [0.717, 1.165) is 29.8 Å². The first-order valence-electron chi connectivity index (χ1n) is 11.1. The minimum Gasteiger partial charge on any atom is -0.296 e. The van der Waals surface area contributed by atoms with Crippen LogP contribution in [0.1, 0.15) is 82.9 Å². The molecule has 0 bridgehead atoms. The van der Waals surface area contributed by atoms with Gasteiger partial charge >= 0.3 is 0 Å². The molecule has 1 heterocycles. The molecule has 1 saturated carbocycles. The van der Waals surface area contributed by atoms with Crippen LogP contribution in [0.3, 0.4) is 0 Å². The zero-order chi connectivity index (χ0) is 22.4. The standard InChI is InChI=1S/C21H24N2O.C4H8.C2H6.2H2/c1-15-12-20(23-17(3)21(15)14-22-4)13-19-10-8-18(9-11-19)7-5-6-16(2)24;1-2-4-3-1;1-2;;/h5-6,8-12,14H,7,13H2,1-4H3;1-4H2;1-2H3;2*1H/b6-5+,22-14?;;;;. The summed E-state index contributed by atoms with van der Waals surface area (Å²) in [5.41, 5.74) is 6.83. The van der Waals surface area contributed by atoms with E-state index in [4.69, 9.17) is 4.98 Å². The molecule has 0 unspecified atom stereocenters. The number of aromatic nitrogens is 1. The minimum atomic E-state index is 0. The molecule has 0 aliphatic heterocycles. The van der Waals surface area contributed by atoms with Crippen LogP contribution in [0.2, 0.25) is 0 Å². The van der Waals surface area contributed by atoms with Crippen LogP contribution in [0.25, 0.3) is 0 Å². The number of nitrogens with zero attached hydrogens (tertiary/aromatic N) is 2. The average molecular weight is 411 g/mol. The van der Waals surface area contributed by atoms with Gasteiger partial charge < -0.3 is 0 Å². The molecule has 3 heteroatoms. The maximum absolute atomic E-state index is 10.9. The maximum Gasteiger partial charge on any atom is 0.152 e.